The van der Waals surface area contributed by atoms with E-state index in [0.717, 1.165) is 11.3 Å². The number of hydrogen-bond acceptors (Lipinski definition) is 4. The lowest BCUT2D eigenvalue weighted by atomic mass is 10.1. The third-order valence-electron chi connectivity index (χ3n) is 2.48. The largest absolute Gasteiger partial charge is 0.463 e. The second kappa shape index (κ2) is 7.14. The number of hydrogen-bond donors (Lipinski definition) is 1. The summed E-state index contributed by atoms with van der Waals surface area (Å²) >= 11 is 0. The van der Waals surface area contributed by atoms with Crippen LogP contribution in [0.3, 0.4) is 0 Å². The predicted molar refractivity (Wildman–Crippen MR) is 75.8 cm³/mol. The lowest BCUT2D eigenvalue weighted by Gasteiger charge is -2.19. The van der Waals surface area contributed by atoms with E-state index in [4.69, 9.17) is 15.2 Å². The minimum absolute atomic E-state index is 0.198. The first-order valence-electron chi connectivity index (χ1n) is 6.51. The van der Waals surface area contributed by atoms with E-state index in [1.54, 1.807) is 0 Å². The number of benzene rings is 1. The first kappa shape index (κ1) is 15.5. The molecule has 2 N–H and O–H groups in total. The van der Waals surface area contributed by atoms with Crippen LogP contribution in [0.25, 0.3) is 0 Å². The molecule has 0 spiro atoms. The van der Waals surface area contributed by atoms with Gasteiger partial charge in [-0.2, -0.15) is 0 Å². The number of nitrogens with two attached hydrogens (primary N) is 1. The zero-order valence-corrected chi connectivity index (χ0v) is 11.9. The molecule has 0 amide bonds. The average Bonchev–Trinajstić information content (AvgIpc) is 2.33. The number of anilines is 1. The van der Waals surface area contributed by atoms with Crippen LogP contribution >= 0.6 is 0 Å². The monoisotopic (exact) mass is 265 g/mol. The summed E-state index contributed by atoms with van der Waals surface area (Å²) in [6, 6.07) is 7.51. The Balaban J connectivity index is 2.16. The summed E-state index contributed by atoms with van der Waals surface area (Å²) < 4.78 is 10.6. The highest BCUT2D eigenvalue weighted by molar-refractivity contribution is 5.69. The van der Waals surface area contributed by atoms with Crippen LogP contribution in [0.4, 0.5) is 5.69 Å². The van der Waals surface area contributed by atoms with Gasteiger partial charge in [-0.25, -0.2) is 0 Å². The van der Waals surface area contributed by atoms with Crippen molar-refractivity contribution in [3.63, 3.8) is 0 Å². The highest BCUT2D eigenvalue weighted by Gasteiger charge is 2.10. The lowest BCUT2D eigenvalue weighted by Crippen LogP contribution is -2.22. The molecule has 106 valence electrons. The minimum atomic E-state index is -0.200. The SMILES string of the molecule is CC(C)(C)OCCOC(=O)CCc1ccc(N)cc1. The molecule has 0 aliphatic rings. The smallest absolute Gasteiger partial charge is 0.306 e. The van der Waals surface area contributed by atoms with Gasteiger partial charge in [0.1, 0.15) is 6.61 Å². The molecule has 0 aliphatic heterocycles. The van der Waals surface area contributed by atoms with E-state index in [1.807, 2.05) is 45.0 Å². The van der Waals surface area contributed by atoms with Crippen molar-refractivity contribution in [2.45, 2.75) is 39.2 Å². The maximum absolute atomic E-state index is 11.5. The van der Waals surface area contributed by atoms with Gasteiger partial charge >= 0.3 is 5.97 Å². The van der Waals surface area contributed by atoms with E-state index in [0.29, 0.717) is 26.1 Å². The highest BCUT2D eigenvalue weighted by Crippen LogP contribution is 2.08. The second-order valence-corrected chi connectivity index (χ2v) is 5.42. The van der Waals surface area contributed by atoms with Crippen molar-refractivity contribution in [3.8, 4) is 0 Å². The van der Waals surface area contributed by atoms with Crippen molar-refractivity contribution in [1.29, 1.82) is 0 Å². The summed E-state index contributed by atoms with van der Waals surface area (Å²) in [4.78, 5) is 11.5. The number of esters is 1. The fourth-order valence-electron chi connectivity index (χ4n) is 1.51. The Hall–Kier alpha value is -1.55. The van der Waals surface area contributed by atoms with Crippen LogP contribution in [-0.2, 0) is 20.7 Å². The molecule has 0 bridgehead atoms. The van der Waals surface area contributed by atoms with Crippen molar-refractivity contribution in [1.82, 2.24) is 0 Å². The Morgan fingerprint density at radius 3 is 2.37 bits per heavy atom. The molecule has 0 radical (unpaired) electrons. The van der Waals surface area contributed by atoms with Crippen LogP contribution in [0, 0.1) is 0 Å². The number of aryl methyl sites for hydroxylation is 1. The fourth-order valence-corrected chi connectivity index (χ4v) is 1.51. The van der Waals surface area contributed by atoms with Crippen molar-refractivity contribution in [3.05, 3.63) is 29.8 Å². The summed E-state index contributed by atoms with van der Waals surface area (Å²) in [5, 5.41) is 0. The molecule has 0 atom stereocenters. The van der Waals surface area contributed by atoms with Crippen LogP contribution in [0.15, 0.2) is 24.3 Å². The van der Waals surface area contributed by atoms with Crippen LogP contribution in [0.1, 0.15) is 32.8 Å². The van der Waals surface area contributed by atoms with Crippen LogP contribution in [-0.4, -0.2) is 24.8 Å². The molecule has 1 aromatic carbocycles. The Labute approximate surface area is 114 Å². The van der Waals surface area contributed by atoms with Crippen molar-refractivity contribution < 1.29 is 14.3 Å². The van der Waals surface area contributed by atoms with E-state index in [1.165, 1.54) is 0 Å². The van der Waals surface area contributed by atoms with Gasteiger partial charge in [-0.05, 0) is 44.9 Å². The molecule has 0 fully saturated rings. The molecule has 4 heteroatoms. The molecule has 0 aliphatic carbocycles. The van der Waals surface area contributed by atoms with Gasteiger partial charge in [0, 0.05) is 12.1 Å². The quantitative estimate of drug-likeness (QED) is 0.488. The van der Waals surface area contributed by atoms with Gasteiger partial charge in [-0.15, -0.1) is 0 Å². The van der Waals surface area contributed by atoms with Gasteiger partial charge in [0.25, 0.3) is 0 Å². The summed E-state index contributed by atoms with van der Waals surface area (Å²) in [6.07, 6.45) is 1.04. The third kappa shape index (κ3) is 7.47. The fraction of sp³-hybridized carbons (Fsp3) is 0.533. The summed E-state index contributed by atoms with van der Waals surface area (Å²) in [5.74, 6) is -0.200. The maximum atomic E-state index is 11.5. The van der Waals surface area contributed by atoms with Gasteiger partial charge < -0.3 is 15.2 Å². The van der Waals surface area contributed by atoms with E-state index < -0.39 is 0 Å². The standard InChI is InChI=1S/C15H23NO3/c1-15(2,3)19-11-10-18-14(17)9-6-12-4-7-13(16)8-5-12/h4-5,7-8H,6,9-11,16H2,1-3H3. The van der Waals surface area contributed by atoms with Gasteiger partial charge in [-0.1, -0.05) is 12.1 Å². The Morgan fingerprint density at radius 1 is 1.16 bits per heavy atom. The van der Waals surface area contributed by atoms with E-state index >= 15 is 0 Å². The molecule has 1 aromatic rings. The van der Waals surface area contributed by atoms with Gasteiger partial charge in [0.05, 0.1) is 12.2 Å². The Morgan fingerprint density at radius 2 is 1.79 bits per heavy atom. The molecule has 0 aromatic heterocycles. The van der Waals surface area contributed by atoms with Gasteiger partial charge in [-0.3, -0.25) is 4.79 Å². The molecule has 0 unspecified atom stereocenters. The maximum Gasteiger partial charge on any atom is 0.306 e. The molecule has 0 saturated heterocycles. The van der Waals surface area contributed by atoms with Crippen LogP contribution in [0.2, 0.25) is 0 Å². The number of carbonyl (C=O) groups excluding carboxylic acids is 1. The van der Waals surface area contributed by atoms with E-state index in [-0.39, 0.29) is 11.6 Å². The number of ether oxygens (including phenoxy) is 2. The van der Waals surface area contributed by atoms with Gasteiger partial charge in [0.2, 0.25) is 0 Å². The Kier molecular flexibility index (Phi) is 5.83. The topological polar surface area (TPSA) is 61.5 Å². The summed E-state index contributed by atoms with van der Waals surface area (Å²) in [6.45, 7) is 6.64. The Bertz CT molecular complexity index is 393. The molecule has 0 heterocycles. The third-order valence-corrected chi connectivity index (χ3v) is 2.48. The number of rotatable bonds is 6. The zero-order valence-electron chi connectivity index (χ0n) is 11.9. The molecule has 4 nitrogen and oxygen atoms in total. The van der Waals surface area contributed by atoms with E-state index in [2.05, 4.69) is 0 Å². The number of nitrogen functional groups attached to an aromatic ring is 1. The molecular weight excluding hydrogens is 242 g/mol. The minimum Gasteiger partial charge on any atom is -0.463 e. The second-order valence-electron chi connectivity index (χ2n) is 5.42. The van der Waals surface area contributed by atoms with E-state index in [9.17, 15) is 4.79 Å². The summed E-state index contributed by atoms with van der Waals surface area (Å²) in [7, 11) is 0. The molecule has 1 rings (SSSR count). The van der Waals surface area contributed by atoms with Crippen molar-refractivity contribution in [2.75, 3.05) is 18.9 Å². The molecule has 19 heavy (non-hydrogen) atoms. The zero-order chi connectivity index (χ0) is 14.3. The predicted octanol–water partition coefficient (Wildman–Crippen LogP) is 2.56. The normalized spacial score (nSPS) is 11.3. The molecular formula is C15H23NO3. The van der Waals surface area contributed by atoms with Crippen molar-refractivity contribution >= 4 is 11.7 Å². The first-order valence-corrected chi connectivity index (χ1v) is 6.51. The average molecular weight is 265 g/mol. The first-order chi connectivity index (χ1) is 8.87. The van der Waals surface area contributed by atoms with Crippen LogP contribution in [0.5, 0.6) is 0 Å². The lowest BCUT2D eigenvalue weighted by molar-refractivity contribution is -0.146. The molecule has 0 saturated carbocycles. The number of carbonyl (C=O) groups is 1. The summed E-state index contributed by atoms with van der Waals surface area (Å²) in [5.41, 5.74) is 7.20. The highest BCUT2D eigenvalue weighted by atomic mass is 16.6. The van der Waals surface area contributed by atoms with Crippen LogP contribution < -0.4 is 5.73 Å². The van der Waals surface area contributed by atoms with Crippen molar-refractivity contribution in [2.24, 2.45) is 0 Å². The van der Waals surface area contributed by atoms with Gasteiger partial charge in [0.15, 0.2) is 0 Å².